The molecule has 1 amide bonds. The molecule has 102 valence electrons. The van der Waals surface area contributed by atoms with Crippen LogP contribution in [-0.2, 0) is 0 Å². The average molecular weight is 273 g/mol. The van der Waals surface area contributed by atoms with E-state index in [0.717, 1.165) is 18.7 Å². The molecule has 18 heavy (non-hydrogen) atoms. The summed E-state index contributed by atoms with van der Waals surface area (Å²) in [7, 11) is 1.90. The third-order valence-electron chi connectivity index (χ3n) is 2.30. The zero-order valence-electron chi connectivity index (χ0n) is 10.9. The van der Waals surface area contributed by atoms with E-state index in [9.17, 15) is 4.79 Å². The summed E-state index contributed by atoms with van der Waals surface area (Å²) >= 11 is 0. The highest BCUT2D eigenvalue weighted by Crippen LogP contribution is 2.12. The molecule has 0 radical (unpaired) electrons. The third kappa shape index (κ3) is 5.89. The monoisotopic (exact) mass is 272 g/mol. The number of hydrogen-bond donors (Lipinski definition) is 2. The highest BCUT2D eigenvalue weighted by molar-refractivity contribution is 5.94. The predicted octanol–water partition coefficient (Wildman–Crippen LogP) is 1.85. The van der Waals surface area contributed by atoms with Gasteiger partial charge >= 0.3 is 0 Å². The summed E-state index contributed by atoms with van der Waals surface area (Å²) in [5, 5.41) is 5.90. The highest BCUT2D eigenvalue weighted by atomic mass is 35.5. The molecule has 1 aromatic rings. The third-order valence-corrected chi connectivity index (χ3v) is 2.30. The van der Waals surface area contributed by atoms with Gasteiger partial charge < -0.3 is 15.4 Å². The van der Waals surface area contributed by atoms with E-state index in [1.807, 2.05) is 26.1 Å². The van der Waals surface area contributed by atoms with Crippen LogP contribution in [-0.4, -0.2) is 32.7 Å². The van der Waals surface area contributed by atoms with Crippen LogP contribution in [0.15, 0.2) is 24.3 Å². The Morgan fingerprint density at radius 3 is 2.78 bits per heavy atom. The Morgan fingerprint density at radius 1 is 1.33 bits per heavy atom. The molecule has 0 saturated carbocycles. The summed E-state index contributed by atoms with van der Waals surface area (Å²) < 4.78 is 5.35. The minimum atomic E-state index is -0.0531. The van der Waals surface area contributed by atoms with Crippen molar-refractivity contribution in [3.8, 4) is 5.75 Å². The standard InChI is InChI=1S/C13H20N2O2.ClH/c1-3-17-12-7-4-6-11(10-12)13(16)15-9-5-8-14-2;/h4,6-7,10,14H,3,5,8-9H2,1-2H3,(H,15,16);1H. The van der Waals surface area contributed by atoms with Crippen LogP contribution in [0.1, 0.15) is 23.7 Å². The van der Waals surface area contributed by atoms with Gasteiger partial charge in [0.1, 0.15) is 5.75 Å². The molecule has 0 bridgehead atoms. The topological polar surface area (TPSA) is 50.4 Å². The first-order valence-electron chi connectivity index (χ1n) is 5.93. The summed E-state index contributed by atoms with van der Waals surface area (Å²) in [5.41, 5.74) is 0.639. The fourth-order valence-electron chi connectivity index (χ4n) is 1.46. The Labute approximate surface area is 115 Å². The van der Waals surface area contributed by atoms with Gasteiger partial charge in [0.25, 0.3) is 5.91 Å². The maximum Gasteiger partial charge on any atom is 0.251 e. The van der Waals surface area contributed by atoms with Crippen molar-refractivity contribution in [1.29, 1.82) is 0 Å². The van der Waals surface area contributed by atoms with Crippen LogP contribution in [0.4, 0.5) is 0 Å². The molecule has 0 aromatic heterocycles. The Morgan fingerprint density at radius 2 is 2.11 bits per heavy atom. The quantitative estimate of drug-likeness (QED) is 0.745. The SMILES string of the molecule is CCOc1cccc(C(=O)NCCCNC)c1.Cl. The van der Waals surface area contributed by atoms with E-state index < -0.39 is 0 Å². The van der Waals surface area contributed by atoms with Gasteiger partial charge in [0.2, 0.25) is 0 Å². The van der Waals surface area contributed by atoms with Gasteiger partial charge in [-0.2, -0.15) is 0 Å². The molecule has 2 N–H and O–H groups in total. The minimum Gasteiger partial charge on any atom is -0.494 e. The zero-order valence-corrected chi connectivity index (χ0v) is 11.7. The van der Waals surface area contributed by atoms with Crippen molar-refractivity contribution in [2.45, 2.75) is 13.3 Å². The van der Waals surface area contributed by atoms with Gasteiger partial charge in [-0.15, -0.1) is 12.4 Å². The van der Waals surface area contributed by atoms with Crippen LogP contribution >= 0.6 is 12.4 Å². The van der Waals surface area contributed by atoms with Crippen molar-refractivity contribution in [2.75, 3.05) is 26.7 Å². The van der Waals surface area contributed by atoms with Crippen molar-refractivity contribution in [3.63, 3.8) is 0 Å². The zero-order chi connectivity index (χ0) is 12.5. The molecule has 0 unspecified atom stereocenters. The molecule has 1 rings (SSSR count). The summed E-state index contributed by atoms with van der Waals surface area (Å²) in [6, 6.07) is 7.22. The van der Waals surface area contributed by atoms with Gasteiger partial charge in [0, 0.05) is 12.1 Å². The molecule has 0 aliphatic carbocycles. The number of nitrogens with one attached hydrogen (secondary N) is 2. The molecule has 0 heterocycles. The second kappa shape index (κ2) is 9.74. The van der Waals surface area contributed by atoms with Crippen molar-refractivity contribution < 1.29 is 9.53 Å². The maximum absolute atomic E-state index is 11.8. The summed E-state index contributed by atoms with van der Waals surface area (Å²) in [6.07, 6.45) is 0.924. The molecule has 5 heteroatoms. The lowest BCUT2D eigenvalue weighted by Crippen LogP contribution is -2.26. The smallest absolute Gasteiger partial charge is 0.251 e. The number of benzene rings is 1. The first kappa shape index (κ1) is 16.7. The minimum absolute atomic E-state index is 0. The molecular weight excluding hydrogens is 252 g/mol. The second-order valence-electron chi connectivity index (χ2n) is 3.67. The lowest BCUT2D eigenvalue weighted by atomic mass is 10.2. The lowest BCUT2D eigenvalue weighted by Gasteiger charge is -2.07. The Hall–Kier alpha value is -1.26. The lowest BCUT2D eigenvalue weighted by molar-refractivity contribution is 0.0953. The Bertz CT molecular complexity index is 359. The number of carbonyl (C=O) groups is 1. The van der Waals surface area contributed by atoms with Crippen molar-refractivity contribution >= 4 is 18.3 Å². The number of ether oxygens (including phenoxy) is 1. The van der Waals surface area contributed by atoms with Gasteiger partial charge in [-0.3, -0.25) is 4.79 Å². The van der Waals surface area contributed by atoms with Crippen LogP contribution in [0.2, 0.25) is 0 Å². The predicted molar refractivity (Wildman–Crippen MR) is 75.7 cm³/mol. The molecule has 0 aliphatic heterocycles. The molecule has 1 aromatic carbocycles. The van der Waals surface area contributed by atoms with E-state index in [4.69, 9.17) is 4.74 Å². The van der Waals surface area contributed by atoms with E-state index in [1.165, 1.54) is 0 Å². The fourth-order valence-corrected chi connectivity index (χ4v) is 1.46. The molecule has 0 aliphatic rings. The van der Waals surface area contributed by atoms with Gasteiger partial charge in [0.05, 0.1) is 6.61 Å². The van der Waals surface area contributed by atoms with Crippen molar-refractivity contribution in [2.24, 2.45) is 0 Å². The van der Waals surface area contributed by atoms with Crippen LogP contribution in [0, 0.1) is 0 Å². The van der Waals surface area contributed by atoms with Gasteiger partial charge in [-0.1, -0.05) is 6.07 Å². The van der Waals surface area contributed by atoms with E-state index in [0.29, 0.717) is 18.7 Å². The molecule has 0 spiro atoms. The first-order chi connectivity index (χ1) is 8.27. The van der Waals surface area contributed by atoms with Crippen LogP contribution < -0.4 is 15.4 Å². The van der Waals surface area contributed by atoms with Gasteiger partial charge in [-0.25, -0.2) is 0 Å². The Balaban J connectivity index is 0.00000289. The molecule has 0 saturated heterocycles. The van der Waals surface area contributed by atoms with Crippen molar-refractivity contribution in [1.82, 2.24) is 10.6 Å². The fraction of sp³-hybridized carbons (Fsp3) is 0.462. The maximum atomic E-state index is 11.8. The molecular formula is C13H21ClN2O2. The number of rotatable bonds is 7. The first-order valence-corrected chi connectivity index (χ1v) is 5.93. The summed E-state index contributed by atoms with van der Waals surface area (Å²) in [6.45, 7) is 4.11. The molecule has 4 nitrogen and oxygen atoms in total. The van der Waals surface area contributed by atoms with Crippen LogP contribution in [0.3, 0.4) is 0 Å². The normalized spacial score (nSPS) is 9.44. The molecule has 0 fully saturated rings. The highest BCUT2D eigenvalue weighted by Gasteiger charge is 2.05. The number of hydrogen-bond acceptors (Lipinski definition) is 3. The van der Waals surface area contributed by atoms with E-state index >= 15 is 0 Å². The van der Waals surface area contributed by atoms with Crippen LogP contribution in [0.5, 0.6) is 5.75 Å². The van der Waals surface area contributed by atoms with E-state index in [1.54, 1.807) is 12.1 Å². The van der Waals surface area contributed by atoms with Gasteiger partial charge in [-0.05, 0) is 45.1 Å². The Kier molecular flexibility index (Phi) is 9.06. The number of amides is 1. The number of carbonyl (C=O) groups excluding carboxylic acids is 1. The van der Waals surface area contributed by atoms with Crippen molar-refractivity contribution in [3.05, 3.63) is 29.8 Å². The average Bonchev–Trinajstić information content (AvgIpc) is 2.35. The van der Waals surface area contributed by atoms with E-state index in [2.05, 4.69) is 10.6 Å². The second-order valence-corrected chi connectivity index (χ2v) is 3.67. The summed E-state index contributed by atoms with van der Waals surface area (Å²) in [4.78, 5) is 11.8. The number of halogens is 1. The summed E-state index contributed by atoms with van der Waals surface area (Å²) in [5.74, 6) is 0.679. The van der Waals surface area contributed by atoms with Gasteiger partial charge in [0.15, 0.2) is 0 Å². The van der Waals surface area contributed by atoms with E-state index in [-0.39, 0.29) is 18.3 Å². The largest absolute Gasteiger partial charge is 0.494 e. The molecule has 0 atom stereocenters. The van der Waals surface area contributed by atoms with Crippen LogP contribution in [0.25, 0.3) is 0 Å².